The van der Waals surface area contributed by atoms with Gasteiger partial charge in [-0.05, 0) is 18.8 Å². The molecule has 0 heterocycles. The Kier molecular flexibility index (Phi) is 3.15. The first-order valence-corrected chi connectivity index (χ1v) is 4.43. The van der Waals surface area contributed by atoms with Crippen molar-refractivity contribution in [1.29, 1.82) is 0 Å². The quantitative estimate of drug-likeness (QED) is 0.630. The molecule has 2 atom stereocenters. The van der Waals surface area contributed by atoms with Gasteiger partial charge in [0.15, 0.2) is 0 Å². The molecule has 1 aliphatic rings. The highest BCUT2D eigenvalue weighted by Gasteiger charge is 2.21. The lowest BCUT2D eigenvalue weighted by molar-refractivity contribution is 0.427. The van der Waals surface area contributed by atoms with Crippen LogP contribution in [0, 0.1) is 11.8 Å². The fourth-order valence-corrected chi connectivity index (χ4v) is 1.68. The summed E-state index contributed by atoms with van der Waals surface area (Å²) in [4.78, 5) is 0. The van der Waals surface area contributed by atoms with Crippen LogP contribution in [0.25, 0.3) is 0 Å². The molecule has 0 saturated heterocycles. The smallest absolute Gasteiger partial charge is 0.00804 e. The molecule has 66 valence electrons. The predicted octanol–water partition coefficient (Wildman–Crippen LogP) is 2.49. The molecule has 1 nitrogen and oxygen atoms in total. The van der Waals surface area contributed by atoms with E-state index in [9.17, 15) is 0 Å². The molecule has 2 unspecified atom stereocenters. The fourth-order valence-electron chi connectivity index (χ4n) is 1.68. The van der Waals surface area contributed by atoms with Crippen LogP contribution in [0.3, 0.4) is 0 Å². The van der Waals surface area contributed by atoms with Gasteiger partial charge in [-0.25, -0.2) is 0 Å². The molecule has 0 spiro atoms. The summed E-state index contributed by atoms with van der Waals surface area (Å²) in [5.41, 5.74) is 1.13. The molecule has 1 heteroatoms. The van der Waals surface area contributed by atoms with Gasteiger partial charge in [-0.3, -0.25) is 0 Å². The highest BCUT2D eigenvalue weighted by Crippen LogP contribution is 2.29. The number of hydrogen-bond donors (Lipinski definition) is 1. The molecule has 0 aromatic rings. The van der Waals surface area contributed by atoms with Gasteiger partial charge in [0.25, 0.3) is 0 Å². The highest BCUT2D eigenvalue weighted by molar-refractivity contribution is 5.11. The Labute approximate surface area is 74.9 Å². The van der Waals surface area contributed by atoms with Crippen LogP contribution in [0.2, 0.25) is 0 Å². The van der Waals surface area contributed by atoms with Crippen LogP contribution in [0.5, 0.6) is 0 Å². The first-order chi connectivity index (χ1) is 5.79. The minimum atomic E-state index is 0.539. The zero-order valence-corrected chi connectivity index (χ0v) is 7.72. The maximum absolute atomic E-state index is 4.00. The zero-order chi connectivity index (χ0) is 8.97. The zero-order valence-electron chi connectivity index (χ0n) is 7.72. The molecule has 12 heavy (non-hydrogen) atoms. The van der Waals surface area contributed by atoms with Gasteiger partial charge >= 0.3 is 0 Å². The van der Waals surface area contributed by atoms with Crippen molar-refractivity contribution in [2.24, 2.45) is 11.8 Å². The van der Waals surface area contributed by atoms with Crippen LogP contribution in [0.15, 0.2) is 37.1 Å². The highest BCUT2D eigenvalue weighted by atomic mass is 14.8. The van der Waals surface area contributed by atoms with Gasteiger partial charge < -0.3 is 5.32 Å². The fraction of sp³-hybridized carbons (Fsp3) is 0.455. The van der Waals surface area contributed by atoms with Crippen LogP contribution >= 0.6 is 0 Å². The summed E-state index contributed by atoms with van der Waals surface area (Å²) < 4.78 is 0. The summed E-state index contributed by atoms with van der Waals surface area (Å²) in [6.07, 6.45) is 8.70. The Bertz CT molecular complexity index is 203. The maximum Gasteiger partial charge on any atom is 0.00804 e. The van der Waals surface area contributed by atoms with Gasteiger partial charge in [0, 0.05) is 18.7 Å². The molecule has 0 fully saturated rings. The van der Waals surface area contributed by atoms with Crippen molar-refractivity contribution < 1.29 is 0 Å². The third-order valence-electron chi connectivity index (χ3n) is 2.55. The molecule has 1 aliphatic carbocycles. The van der Waals surface area contributed by atoms with Crippen molar-refractivity contribution in [3.05, 3.63) is 37.1 Å². The van der Waals surface area contributed by atoms with Crippen LogP contribution < -0.4 is 5.32 Å². The largest absolute Gasteiger partial charge is 0.392 e. The lowest BCUT2D eigenvalue weighted by Gasteiger charge is -2.27. The summed E-state index contributed by atoms with van der Waals surface area (Å²) in [6, 6.07) is 0. The third kappa shape index (κ3) is 1.79. The number of allylic oxidation sites excluding steroid dienone is 4. The van der Waals surface area contributed by atoms with Crippen molar-refractivity contribution in [2.75, 3.05) is 7.05 Å². The van der Waals surface area contributed by atoms with Gasteiger partial charge in [0.05, 0.1) is 0 Å². The topological polar surface area (TPSA) is 12.0 Å². The van der Waals surface area contributed by atoms with Gasteiger partial charge in [-0.1, -0.05) is 24.8 Å². The number of nitrogens with one attached hydrogen (secondary N) is 1. The minimum absolute atomic E-state index is 0.539. The summed E-state index contributed by atoms with van der Waals surface area (Å²) >= 11 is 0. The average Bonchev–Trinajstić information content (AvgIpc) is 2.16. The summed E-state index contributed by atoms with van der Waals surface area (Å²) in [7, 11) is 1.93. The van der Waals surface area contributed by atoms with Gasteiger partial charge in [0.2, 0.25) is 0 Å². The number of rotatable bonds is 3. The first-order valence-electron chi connectivity index (χ1n) is 4.43. The van der Waals surface area contributed by atoms with E-state index in [0.29, 0.717) is 11.8 Å². The van der Waals surface area contributed by atoms with Gasteiger partial charge in [-0.2, -0.15) is 0 Å². The summed E-state index contributed by atoms with van der Waals surface area (Å²) in [6.45, 7) is 7.85. The molecule has 0 aromatic heterocycles. The van der Waals surface area contributed by atoms with E-state index in [1.54, 1.807) is 0 Å². The van der Waals surface area contributed by atoms with E-state index in [4.69, 9.17) is 0 Å². The Balaban J connectivity index is 2.66. The molecular weight excluding hydrogens is 146 g/mol. The van der Waals surface area contributed by atoms with E-state index >= 15 is 0 Å². The van der Waals surface area contributed by atoms with E-state index in [1.165, 1.54) is 0 Å². The van der Waals surface area contributed by atoms with Crippen LogP contribution in [0.1, 0.15) is 12.8 Å². The van der Waals surface area contributed by atoms with E-state index in [2.05, 4.69) is 30.6 Å². The van der Waals surface area contributed by atoms with Crippen LogP contribution in [-0.2, 0) is 0 Å². The lowest BCUT2D eigenvalue weighted by atomic mass is 9.81. The molecule has 0 aliphatic heterocycles. The average molecular weight is 163 g/mol. The monoisotopic (exact) mass is 163 g/mol. The third-order valence-corrected chi connectivity index (χ3v) is 2.55. The number of hydrogen-bond acceptors (Lipinski definition) is 1. The molecule has 0 radical (unpaired) electrons. The van der Waals surface area contributed by atoms with Crippen molar-refractivity contribution in [2.45, 2.75) is 12.8 Å². The Hall–Kier alpha value is -0.980. The molecular formula is C11H17N. The standard InChI is InChI=1S/C11H17N/c1-4-10-7-5-6-8-11(10)9(2)12-3/h4-6,10-12H,1-2,7-8H2,3H3. The Morgan fingerprint density at radius 1 is 1.50 bits per heavy atom. The molecule has 1 rings (SSSR count). The van der Waals surface area contributed by atoms with E-state index in [1.807, 2.05) is 13.1 Å². The molecule has 0 aromatic carbocycles. The summed E-state index contributed by atoms with van der Waals surface area (Å²) in [5.74, 6) is 1.10. The van der Waals surface area contributed by atoms with E-state index in [-0.39, 0.29) is 0 Å². The second kappa shape index (κ2) is 4.15. The Morgan fingerprint density at radius 2 is 2.17 bits per heavy atom. The molecule has 1 N–H and O–H groups in total. The second-order valence-corrected chi connectivity index (χ2v) is 3.22. The minimum Gasteiger partial charge on any atom is -0.392 e. The van der Waals surface area contributed by atoms with Crippen LogP contribution in [-0.4, -0.2) is 7.05 Å². The van der Waals surface area contributed by atoms with Crippen molar-refractivity contribution in [3.63, 3.8) is 0 Å². The SMILES string of the molecule is C=CC1CC=CCC1C(=C)NC. The first kappa shape index (κ1) is 9.11. The van der Waals surface area contributed by atoms with Crippen molar-refractivity contribution >= 4 is 0 Å². The molecule has 0 bridgehead atoms. The maximum atomic E-state index is 4.00. The predicted molar refractivity (Wildman–Crippen MR) is 53.8 cm³/mol. The van der Waals surface area contributed by atoms with Gasteiger partial charge in [-0.15, -0.1) is 6.58 Å². The Morgan fingerprint density at radius 3 is 2.75 bits per heavy atom. The lowest BCUT2D eigenvalue weighted by Crippen LogP contribution is -2.23. The summed E-state index contributed by atoms with van der Waals surface area (Å²) in [5, 5.41) is 3.12. The van der Waals surface area contributed by atoms with Crippen LogP contribution in [0.4, 0.5) is 0 Å². The normalized spacial score (nSPS) is 28.1. The molecule has 0 amide bonds. The van der Waals surface area contributed by atoms with Crippen molar-refractivity contribution in [1.82, 2.24) is 5.32 Å². The molecule has 0 saturated carbocycles. The van der Waals surface area contributed by atoms with Gasteiger partial charge in [0.1, 0.15) is 0 Å². The second-order valence-electron chi connectivity index (χ2n) is 3.22. The van der Waals surface area contributed by atoms with Crippen molar-refractivity contribution in [3.8, 4) is 0 Å². The van der Waals surface area contributed by atoms with E-state index in [0.717, 1.165) is 18.5 Å². The van der Waals surface area contributed by atoms with E-state index < -0.39 is 0 Å².